The summed E-state index contributed by atoms with van der Waals surface area (Å²) in [5, 5.41) is 17.8. The van der Waals surface area contributed by atoms with Gasteiger partial charge in [-0.15, -0.1) is 0 Å². The van der Waals surface area contributed by atoms with E-state index in [1.165, 1.54) is 0 Å². The van der Waals surface area contributed by atoms with Crippen LogP contribution in [0.3, 0.4) is 0 Å². The fourth-order valence-electron chi connectivity index (χ4n) is 1.78. The molecule has 0 heterocycles. The zero-order valence-corrected chi connectivity index (χ0v) is 8.18. The van der Waals surface area contributed by atoms with Gasteiger partial charge in [-0.2, -0.15) is 0 Å². The van der Waals surface area contributed by atoms with Crippen molar-refractivity contribution < 1.29 is 14.8 Å². The van der Waals surface area contributed by atoms with Crippen molar-refractivity contribution in [1.29, 1.82) is 0 Å². The molecule has 4 nitrogen and oxygen atoms in total. The van der Waals surface area contributed by atoms with E-state index >= 15 is 0 Å². The molecule has 1 aromatic carbocycles. The molecule has 0 saturated heterocycles. The van der Waals surface area contributed by atoms with Gasteiger partial charge in [-0.3, -0.25) is 4.79 Å². The van der Waals surface area contributed by atoms with E-state index in [-0.39, 0.29) is 5.91 Å². The predicted octanol–water partition coefficient (Wildman–Crippen LogP) is -1.12. The summed E-state index contributed by atoms with van der Waals surface area (Å²) in [6.07, 6.45) is 1.56. The Morgan fingerprint density at radius 3 is 2.13 bits per heavy atom. The van der Waals surface area contributed by atoms with Crippen LogP contribution in [0, 0.1) is 0 Å². The molecule has 78 valence electrons. The largest absolute Gasteiger partial charge is 0.488 e. The molecule has 0 spiro atoms. The molecule has 1 fully saturated rings. The average Bonchev–Trinajstić information content (AvgIpc) is 2.98. The molecular weight excluding hydrogens is 193 g/mol. The number of carbonyl (C=O) groups is 1. The highest BCUT2D eigenvalue weighted by atomic mass is 16.4. The highest BCUT2D eigenvalue weighted by Gasteiger charge is 2.49. The fourth-order valence-corrected chi connectivity index (χ4v) is 1.78. The number of rotatable bonds is 3. The van der Waals surface area contributed by atoms with E-state index < -0.39 is 12.5 Å². The minimum atomic E-state index is -1.47. The molecule has 0 radical (unpaired) electrons. The van der Waals surface area contributed by atoms with E-state index in [4.69, 9.17) is 15.8 Å². The molecule has 0 bridgehead atoms. The predicted molar refractivity (Wildman–Crippen MR) is 56.4 cm³/mol. The molecule has 1 amide bonds. The topological polar surface area (TPSA) is 83.6 Å². The molecule has 0 atom stereocenters. The summed E-state index contributed by atoms with van der Waals surface area (Å²) >= 11 is 0. The van der Waals surface area contributed by atoms with Gasteiger partial charge in [0.2, 0.25) is 5.91 Å². The molecule has 2 rings (SSSR count). The van der Waals surface area contributed by atoms with Crippen molar-refractivity contribution in [1.82, 2.24) is 0 Å². The third-order valence-corrected chi connectivity index (χ3v) is 2.98. The van der Waals surface area contributed by atoms with Crippen LogP contribution in [0.5, 0.6) is 0 Å². The van der Waals surface area contributed by atoms with Crippen LogP contribution in [0.15, 0.2) is 24.3 Å². The lowest BCUT2D eigenvalue weighted by Crippen LogP contribution is -2.31. The van der Waals surface area contributed by atoms with Crippen LogP contribution in [0.4, 0.5) is 0 Å². The third kappa shape index (κ3) is 1.64. The Morgan fingerprint density at radius 1 is 1.27 bits per heavy atom. The van der Waals surface area contributed by atoms with Crippen molar-refractivity contribution in [3.8, 4) is 0 Å². The van der Waals surface area contributed by atoms with Gasteiger partial charge in [0.25, 0.3) is 0 Å². The van der Waals surface area contributed by atoms with Crippen LogP contribution in [0.1, 0.15) is 18.4 Å². The molecule has 1 aliphatic carbocycles. The summed E-state index contributed by atoms with van der Waals surface area (Å²) < 4.78 is 0. The number of hydrogen-bond acceptors (Lipinski definition) is 3. The van der Waals surface area contributed by atoms with Crippen molar-refractivity contribution in [2.24, 2.45) is 5.73 Å². The van der Waals surface area contributed by atoms with Gasteiger partial charge in [0.05, 0.1) is 5.41 Å². The summed E-state index contributed by atoms with van der Waals surface area (Å²) in [7, 11) is -1.47. The van der Waals surface area contributed by atoms with Crippen LogP contribution < -0.4 is 11.2 Å². The van der Waals surface area contributed by atoms with Crippen molar-refractivity contribution in [2.45, 2.75) is 18.3 Å². The quantitative estimate of drug-likeness (QED) is 0.546. The lowest BCUT2D eigenvalue weighted by molar-refractivity contribution is -0.120. The number of primary amides is 1. The number of nitrogens with two attached hydrogens (primary N) is 1. The van der Waals surface area contributed by atoms with Crippen LogP contribution in [-0.2, 0) is 10.2 Å². The maximum absolute atomic E-state index is 11.2. The van der Waals surface area contributed by atoms with Crippen molar-refractivity contribution in [3.05, 3.63) is 29.8 Å². The number of benzene rings is 1. The van der Waals surface area contributed by atoms with Crippen molar-refractivity contribution in [3.63, 3.8) is 0 Å². The Hall–Kier alpha value is -1.33. The van der Waals surface area contributed by atoms with Gasteiger partial charge < -0.3 is 15.8 Å². The zero-order chi connectivity index (χ0) is 11.1. The van der Waals surface area contributed by atoms with Gasteiger partial charge in [-0.05, 0) is 23.9 Å². The summed E-state index contributed by atoms with van der Waals surface area (Å²) in [4.78, 5) is 11.2. The Balaban J connectivity index is 2.28. The first-order valence-corrected chi connectivity index (χ1v) is 4.83. The normalized spacial score (nSPS) is 17.2. The fraction of sp³-hybridized carbons (Fsp3) is 0.300. The monoisotopic (exact) mass is 205 g/mol. The second kappa shape index (κ2) is 3.36. The Labute approximate surface area is 87.9 Å². The SMILES string of the molecule is NC(=O)C1(c2ccc(B(O)O)cc2)CC1. The maximum Gasteiger partial charge on any atom is 0.488 e. The Bertz CT molecular complexity index is 384. The van der Waals surface area contributed by atoms with E-state index in [0.717, 1.165) is 18.4 Å². The molecule has 0 unspecified atom stereocenters. The van der Waals surface area contributed by atoms with Crippen LogP contribution in [0.25, 0.3) is 0 Å². The van der Waals surface area contributed by atoms with Crippen LogP contribution in [0.2, 0.25) is 0 Å². The van der Waals surface area contributed by atoms with E-state index in [1.54, 1.807) is 24.3 Å². The Morgan fingerprint density at radius 2 is 1.80 bits per heavy atom. The second-order valence-electron chi connectivity index (χ2n) is 3.94. The minimum Gasteiger partial charge on any atom is -0.423 e. The summed E-state index contributed by atoms with van der Waals surface area (Å²) in [6, 6.07) is 6.66. The average molecular weight is 205 g/mol. The smallest absolute Gasteiger partial charge is 0.423 e. The van der Waals surface area contributed by atoms with Crippen LogP contribution >= 0.6 is 0 Å². The van der Waals surface area contributed by atoms with E-state index in [1.807, 2.05) is 0 Å². The molecule has 5 heteroatoms. The maximum atomic E-state index is 11.2. The molecular formula is C10H12BNO3. The summed E-state index contributed by atoms with van der Waals surface area (Å²) in [5.74, 6) is -0.306. The lowest BCUT2D eigenvalue weighted by atomic mass is 9.79. The van der Waals surface area contributed by atoms with Crippen LogP contribution in [-0.4, -0.2) is 23.1 Å². The second-order valence-corrected chi connectivity index (χ2v) is 3.94. The van der Waals surface area contributed by atoms with E-state index in [2.05, 4.69) is 0 Å². The molecule has 15 heavy (non-hydrogen) atoms. The first-order valence-electron chi connectivity index (χ1n) is 4.83. The van der Waals surface area contributed by atoms with E-state index in [0.29, 0.717) is 5.46 Å². The first-order chi connectivity index (χ1) is 7.06. The minimum absolute atomic E-state index is 0.306. The number of carbonyl (C=O) groups excluding carboxylic acids is 1. The number of amides is 1. The van der Waals surface area contributed by atoms with Gasteiger partial charge in [-0.1, -0.05) is 24.3 Å². The molecule has 1 saturated carbocycles. The summed E-state index contributed by atoms with van der Waals surface area (Å²) in [5.41, 5.74) is 6.10. The summed E-state index contributed by atoms with van der Waals surface area (Å²) in [6.45, 7) is 0. The first kappa shape index (κ1) is 10.2. The van der Waals surface area contributed by atoms with Crippen molar-refractivity contribution in [2.75, 3.05) is 0 Å². The van der Waals surface area contributed by atoms with Gasteiger partial charge in [0, 0.05) is 0 Å². The third-order valence-electron chi connectivity index (χ3n) is 2.98. The standard InChI is InChI=1S/C10H12BNO3/c12-9(13)10(5-6-10)7-1-3-8(4-2-7)11(14)15/h1-4,14-15H,5-6H2,(H2,12,13). The van der Waals surface area contributed by atoms with E-state index in [9.17, 15) is 4.79 Å². The molecule has 1 aromatic rings. The molecule has 1 aliphatic rings. The zero-order valence-electron chi connectivity index (χ0n) is 8.18. The van der Waals surface area contributed by atoms with Crippen molar-refractivity contribution >= 4 is 18.5 Å². The van der Waals surface area contributed by atoms with Gasteiger partial charge in [0.15, 0.2) is 0 Å². The Kier molecular flexibility index (Phi) is 2.29. The van der Waals surface area contributed by atoms with Gasteiger partial charge >= 0.3 is 7.12 Å². The highest BCUT2D eigenvalue weighted by Crippen LogP contribution is 2.47. The molecule has 0 aromatic heterocycles. The molecule has 0 aliphatic heterocycles. The highest BCUT2D eigenvalue weighted by molar-refractivity contribution is 6.58. The van der Waals surface area contributed by atoms with Gasteiger partial charge in [-0.25, -0.2) is 0 Å². The number of hydrogen-bond donors (Lipinski definition) is 3. The lowest BCUT2D eigenvalue weighted by Gasteiger charge is -2.11. The molecule has 4 N–H and O–H groups in total. The van der Waals surface area contributed by atoms with Gasteiger partial charge in [0.1, 0.15) is 0 Å².